The molecule has 2 rings (SSSR count). The summed E-state index contributed by atoms with van der Waals surface area (Å²) in [7, 11) is 0. The smallest absolute Gasteiger partial charge is 0.437 e. The second kappa shape index (κ2) is 17.0. The number of ether oxygens (including phenoxy) is 3. The number of unbranched alkanes of at least 4 members (excludes halogenated alkanes) is 1. The van der Waals surface area contributed by atoms with E-state index in [9.17, 15) is 22.8 Å². The van der Waals surface area contributed by atoms with Crippen molar-refractivity contribution in [2.24, 2.45) is 15.9 Å². The third kappa shape index (κ3) is 12.8. The van der Waals surface area contributed by atoms with Crippen molar-refractivity contribution in [1.29, 1.82) is 0 Å². The number of alkyl carbamates (subject to hydrolysis) is 1. The second-order valence-electron chi connectivity index (χ2n) is 13.4. The first-order chi connectivity index (χ1) is 21.8. The Bertz CT molecular complexity index is 1310. The summed E-state index contributed by atoms with van der Waals surface area (Å²) in [5.41, 5.74) is -1.32. The molecule has 0 aromatic heterocycles. The normalized spacial score (nSPS) is 17.4. The molecule has 0 spiro atoms. The number of likely N-dealkylation sites (tertiary alicyclic amines) is 1. The third-order valence-corrected chi connectivity index (χ3v) is 7.10. The summed E-state index contributed by atoms with van der Waals surface area (Å²) in [5, 5.41) is 11.6. The van der Waals surface area contributed by atoms with E-state index in [1.54, 1.807) is 59.4 Å². The van der Waals surface area contributed by atoms with Crippen molar-refractivity contribution in [1.82, 2.24) is 10.2 Å². The average molecular weight is 669 g/mol. The van der Waals surface area contributed by atoms with Gasteiger partial charge in [0.05, 0.1) is 23.9 Å². The molecule has 0 aliphatic carbocycles. The highest BCUT2D eigenvalue weighted by Gasteiger charge is 2.37. The number of carbonyl (C=O) groups excluding carboxylic acids is 2. The quantitative estimate of drug-likeness (QED) is 0.147. The van der Waals surface area contributed by atoms with Crippen LogP contribution in [-0.4, -0.2) is 70.9 Å². The summed E-state index contributed by atoms with van der Waals surface area (Å²) in [4.78, 5) is 36.5. The van der Waals surface area contributed by atoms with E-state index in [-0.39, 0.29) is 36.4 Å². The first-order valence-electron chi connectivity index (χ1n) is 16.1. The number of carbonyl (C=O) groups is 2. The van der Waals surface area contributed by atoms with Crippen molar-refractivity contribution in [3.63, 3.8) is 0 Å². The first kappa shape index (κ1) is 39.6. The second-order valence-corrected chi connectivity index (χ2v) is 13.4. The molecule has 264 valence electrons. The van der Waals surface area contributed by atoms with Crippen LogP contribution in [0.25, 0.3) is 5.70 Å². The van der Waals surface area contributed by atoms with Gasteiger partial charge in [0, 0.05) is 24.4 Å². The van der Waals surface area contributed by atoms with Gasteiger partial charge in [0.15, 0.2) is 0 Å². The Morgan fingerprint density at radius 3 is 2.30 bits per heavy atom. The van der Waals surface area contributed by atoms with Crippen LogP contribution in [0.5, 0.6) is 5.75 Å². The summed E-state index contributed by atoms with van der Waals surface area (Å²) in [6.45, 7) is 16.3. The molecule has 2 N–H and O–H groups in total. The maximum Gasteiger partial charge on any atom is 0.437 e. The molecule has 2 atom stereocenters. The number of nitrogens with one attached hydrogen (secondary N) is 1. The van der Waals surface area contributed by atoms with Gasteiger partial charge in [-0.15, -0.1) is 4.99 Å². The number of halogens is 3. The lowest BCUT2D eigenvalue weighted by atomic mass is 9.94. The number of allylic oxidation sites excluding steroid dienone is 1. The van der Waals surface area contributed by atoms with E-state index >= 15 is 0 Å². The van der Waals surface area contributed by atoms with Gasteiger partial charge in [0.1, 0.15) is 17.0 Å². The first-order valence-corrected chi connectivity index (χ1v) is 16.1. The van der Waals surface area contributed by atoms with Crippen LogP contribution in [0.15, 0.2) is 34.3 Å². The van der Waals surface area contributed by atoms with Gasteiger partial charge in [-0.3, -0.25) is 10.3 Å². The van der Waals surface area contributed by atoms with Crippen LogP contribution >= 0.6 is 0 Å². The van der Waals surface area contributed by atoms with Gasteiger partial charge in [-0.05, 0) is 105 Å². The molecule has 2 amide bonds. The number of aliphatic hydroxyl groups excluding tert-OH is 1. The summed E-state index contributed by atoms with van der Waals surface area (Å²) in [5.74, 6) is -0.467. The number of benzene rings is 1. The fourth-order valence-electron chi connectivity index (χ4n) is 4.85. The number of hydrogen-bond acceptors (Lipinski definition) is 7. The molecule has 1 fully saturated rings. The highest BCUT2D eigenvalue weighted by molar-refractivity contribution is 6.03. The van der Waals surface area contributed by atoms with Crippen molar-refractivity contribution in [2.75, 3.05) is 19.8 Å². The Hall–Kier alpha value is -3.61. The standard InChI is InChI=1S/C34H51F3N4O6/c1-10-22(3)28(38-25(11-2)23-16-17-27(45-20-13-12-19-42)24(21-23)34(35,36)37)26-15-14-18-41(26)29(39-30(43)46-32(4,5)6)40-31(44)47-33(7,8)9/h11,16-17,21-22,26,42H,10,12-15,18-20H2,1-9H3,(H,39,40,43,44)/b25-11-,38-28?. The molecule has 2 unspecified atom stereocenters. The van der Waals surface area contributed by atoms with Crippen molar-refractivity contribution in [2.45, 2.75) is 118 Å². The summed E-state index contributed by atoms with van der Waals surface area (Å²) < 4.78 is 58.7. The lowest BCUT2D eigenvalue weighted by Crippen LogP contribution is -2.51. The Balaban J connectivity index is 2.59. The van der Waals surface area contributed by atoms with Gasteiger partial charge in [-0.2, -0.15) is 13.2 Å². The van der Waals surface area contributed by atoms with Gasteiger partial charge >= 0.3 is 18.4 Å². The zero-order valence-electron chi connectivity index (χ0n) is 29.1. The van der Waals surface area contributed by atoms with E-state index in [2.05, 4.69) is 10.3 Å². The predicted octanol–water partition coefficient (Wildman–Crippen LogP) is 7.98. The van der Waals surface area contributed by atoms with Crippen LogP contribution in [0.1, 0.15) is 106 Å². The molecule has 1 heterocycles. The molecule has 10 nitrogen and oxygen atoms in total. The molecule has 0 bridgehead atoms. The lowest BCUT2D eigenvalue weighted by molar-refractivity contribution is -0.139. The highest BCUT2D eigenvalue weighted by Crippen LogP contribution is 2.38. The number of aliphatic imine (C=N–C) groups is 2. The lowest BCUT2D eigenvalue weighted by Gasteiger charge is -2.32. The number of hydrogen-bond donors (Lipinski definition) is 2. The molecule has 1 aromatic carbocycles. The zero-order valence-corrected chi connectivity index (χ0v) is 29.1. The summed E-state index contributed by atoms with van der Waals surface area (Å²) >= 11 is 0. The van der Waals surface area contributed by atoms with Gasteiger partial charge in [0.25, 0.3) is 0 Å². The summed E-state index contributed by atoms with van der Waals surface area (Å²) in [6, 6.07) is 3.42. The monoisotopic (exact) mass is 668 g/mol. The van der Waals surface area contributed by atoms with Crippen LogP contribution in [0.2, 0.25) is 0 Å². The Kier molecular flexibility index (Phi) is 14.3. The molecule has 1 saturated heterocycles. The van der Waals surface area contributed by atoms with E-state index in [4.69, 9.17) is 24.3 Å². The topological polar surface area (TPSA) is 122 Å². The van der Waals surface area contributed by atoms with Crippen molar-refractivity contribution < 1.29 is 42.1 Å². The van der Waals surface area contributed by atoms with Crippen molar-refractivity contribution >= 4 is 29.6 Å². The van der Waals surface area contributed by atoms with Gasteiger partial charge in [0.2, 0.25) is 5.96 Å². The van der Waals surface area contributed by atoms with Crippen LogP contribution in [-0.2, 0) is 15.7 Å². The van der Waals surface area contributed by atoms with Crippen LogP contribution < -0.4 is 10.1 Å². The maximum atomic E-state index is 14.1. The minimum Gasteiger partial charge on any atom is -0.493 e. The number of nitrogens with zero attached hydrogens (tertiary/aromatic N) is 3. The highest BCUT2D eigenvalue weighted by atomic mass is 19.4. The fraction of sp³-hybridized carbons (Fsp3) is 0.647. The van der Waals surface area contributed by atoms with E-state index < -0.39 is 41.2 Å². The molecule has 0 radical (unpaired) electrons. The largest absolute Gasteiger partial charge is 0.493 e. The zero-order chi connectivity index (χ0) is 35.6. The number of guanidine groups is 1. The SMILES string of the molecule is C/C=C(\N=C(C(C)CC)C1CCCN1/C(=N\C(=O)OC(C)(C)C)NC(=O)OC(C)(C)C)c1ccc(OCCCCO)c(C(F)(F)F)c1. The van der Waals surface area contributed by atoms with Crippen molar-refractivity contribution in [3.05, 3.63) is 35.4 Å². The fourth-order valence-corrected chi connectivity index (χ4v) is 4.85. The molecule has 1 aliphatic heterocycles. The van der Waals surface area contributed by atoms with Gasteiger partial charge < -0.3 is 24.2 Å². The minimum absolute atomic E-state index is 0.0395. The molecule has 0 saturated carbocycles. The number of rotatable bonds is 10. The van der Waals surface area contributed by atoms with E-state index in [0.717, 1.165) is 6.07 Å². The third-order valence-electron chi connectivity index (χ3n) is 7.10. The summed E-state index contributed by atoms with van der Waals surface area (Å²) in [6.07, 6.45) is -1.95. The Morgan fingerprint density at radius 2 is 1.74 bits per heavy atom. The van der Waals surface area contributed by atoms with E-state index in [1.165, 1.54) is 12.1 Å². The van der Waals surface area contributed by atoms with Crippen LogP contribution in [0.4, 0.5) is 22.8 Å². The van der Waals surface area contributed by atoms with Gasteiger partial charge in [-0.25, -0.2) is 9.59 Å². The molecule has 1 aliphatic rings. The van der Waals surface area contributed by atoms with Crippen molar-refractivity contribution in [3.8, 4) is 5.75 Å². The Labute approximate surface area is 276 Å². The molecule has 47 heavy (non-hydrogen) atoms. The number of amides is 2. The van der Waals surface area contributed by atoms with Crippen LogP contribution in [0, 0.1) is 5.92 Å². The number of aliphatic hydroxyl groups is 1. The molecular weight excluding hydrogens is 617 g/mol. The average Bonchev–Trinajstić information content (AvgIpc) is 3.42. The predicted molar refractivity (Wildman–Crippen MR) is 177 cm³/mol. The maximum absolute atomic E-state index is 14.1. The Morgan fingerprint density at radius 1 is 1.09 bits per heavy atom. The van der Waals surface area contributed by atoms with E-state index in [1.807, 2.05) is 13.8 Å². The van der Waals surface area contributed by atoms with Crippen LogP contribution in [0.3, 0.4) is 0 Å². The van der Waals surface area contributed by atoms with Gasteiger partial charge in [-0.1, -0.05) is 19.9 Å². The number of alkyl halides is 3. The molecule has 1 aromatic rings. The minimum atomic E-state index is -4.67. The van der Waals surface area contributed by atoms with E-state index in [0.29, 0.717) is 50.1 Å². The molecular formula is C34H51F3N4O6. The molecule has 13 heteroatoms.